The number of carbonyl (C=O) groups excluding carboxylic acids is 1. The van der Waals surface area contributed by atoms with Crippen LogP contribution in [0.5, 0.6) is 0 Å². The molecule has 1 amide bonds. The fourth-order valence-electron chi connectivity index (χ4n) is 3.25. The van der Waals surface area contributed by atoms with E-state index in [9.17, 15) is 40.6 Å². The van der Waals surface area contributed by atoms with Crippen molar-refractivity contribution in [2.75, 3.05) is 5.75 Å². The number of carbonyl (C=O) groups is 1. The highest BCUT2D eigenvalue weighted by Gasteiger charge is 2.62. The third kappa shape index (κ3) is 4.89. The molecule has 1 N–H and O–H groups in total. The molecule has 34 heavy (non-hydrogen) atoms. The van der Waals surface area contributed by atoms with Crippen LogP contribution in [0.15, 0.2) is 16.3 Å². The summed E-state index contributed by atoms with van der Waals surface area (Å²) < 4.78 is 94.1. The molecule has 0 saturated heterocycles. The highest BCUT2D eigenvalue weighted by atomic mass is 32.2. The molecule has 1 aliphatic heterocycles. The Kier molecular flexibility index (Phi) is 7.26. The molecule has 9 nitrogen and oxygen atoms in total. The first kappa shape index (κ1) is 25.9. The molecular weight excluding hydrogens is 499 g/mol. The summed E-state index contributed by atoms with van der Waals surface area (Å²) in [5.41, 5.74) is -5.14. The molecule has 0 saturated carbocycles. The summed E-state index contributed by atoms with van der Waals surface area (Å²) in [6, 6.07) is 0.580. The van der Waals surface area contributed by atoms with Crippen LogP contribution in [0.25, 0.3) is 0 Å². The van der Waals surface area contributed by atoms with E-state index in [0.717, 1.165) is 0 Å². The second-order valence-corrected chi connectivity index (χ2v) is 8.16. The molecule has 0 bridgehead atoms. The van der Waals surface area contributed by atoms with Gasteiger partial charge >= 0.3 is 6.18 Å². The summed E-state index contributed by atoms with van der Waals surface area (Å²) in [4.78, 5) is 12.4. The third-order valence-corrected chi connectivity index (χ3v) is 5.77. The SMILES string of the molecule is CCn1c(Cn2nc(C(F)F)cc2C(F)F)nnc1SCC(=O)N1N=C(C)CC1(O)C(F)(F)F. The lowest BCUT2D eigenvalue weighted by atomic mass is 10.1. The van der Waals surface area contributed by atoms with Gasteiger partial charge in [0.1, 0.15) is 17.9 Å². The molecule has 2 aromatic heterocycles. The lowest BCUT2D eigenvalue weighted by Gasteiger charge is -2.32. The van der Waals surface area contributed by atoms with Gasteiger partial charge in [-0.2, -0.15) is 28.4 Å². The molecule has 0 fully saturated rings. The van der Waals surface area contributed by atoms with Crippen LogP contribution in [-0.4, -0.2) is 63.9 Å². The maximum absolute atomic E-state index is 13.3. The number of hydrogen-bond donors (Lipinski definition) is 1. The van der Waals surface area contributed by atoms with Crippen LogP contribution < -0.4 is 0 Å². The molecule has 188 valence electrons. The summed E-state index contributed by atoms with van der Waals surface area (Å²) in [7, 11) is 0. The molecule has 3 rings (SSSR count). The van der Waals surface area contributed by atoms with Crippen molar-refractivity contribution in [2.45, 2.75) is 63.3 Å². The Hall–Kier alpha value is -2.69. The van der Waals surface area contributed by atoms with Gasteiger partial charge in [0.15, 0.2) is 11.0 Å². The van der Waals surface area contributed by atoms with Crippen LogP contribution in [0.3, 0.4) is 0 Å². The topological polar surface area (TPSA) is 101 Å². The van der Waals surface area contributed by atoms with E-state index in [2.05, 4.69) is 20.4 Å². The summed E-state index contributed by atoms with van der Waals surface area (Å²) in [6.45, 7) is 2.58. The van der Waals surface area contributed by atoms with E-state index in [1.807, 2.05) is 0 Å². The van der Waals surface area contributed by atoms with E-state index in [0.29, 0.717) is 22.5 Å². The van der Waals surface area contributed by atoms with E-state index < -0.39 is 60.8 Å². The average molecular weight is 517 g/mol. The Bertz CT molecular complexity index is 1080. The second kappa shape index (κ2) is 9.52. The van der Waals surface area contributed by atoms with Crippen LogP contribution in [-0.2, 0) is 17.9 Å². The van der Waals surface area contributed by atoms with Gasteiger partial charge in [0.05, 0.1) is 5.75 Å². The third-order valence-electron chi connectivity index (χ3n) is 4.82. The number of thioether (sulfide) groups is 1. The maximum atomic E-state index is 13.3. The van der Waals surface area contributed by atoms with E-state index in [1.54, 1.807) is 6.92 Å². The molecule has 1 atom stereocenters. The minimum Gasteiger partial charge on any atom is -0.362 e. The van der Waals surface area contributed by atoms with Crippen molar-refractivity contribution >= 4 is 23.4 Å². The number of hydrogen-bond acceptors (Lipinski definition) is 7. The summed E-state index contributed by atoms with van der Waals surface area (Å²) in [6.07, 6.45) is -12.2. The predicted molar refractivity (Wildman–Crippen MR) is 103 cm³/mol. The van der Waals surface area contributed by atoms with Crippen molar-refractivity contribution in [1.82, 2.24) is 29.6 Å². The first-order valence-corrected chi connectivity index (χ1v) is 10.6. The zero-order valence-corrected chi connectivity index (χ0v) is 18.4. The molecule has 0 spiro atoms. The lowest BCUT2D eigenvalue weighted by molar-refractivity contribution is -0.301. The average Bonchev–Trinajstić information content (AvgIpc) is 3.41. The van der Waals surface area contributed by atoms with E-state index in [-0.39, 0.29) is 28.2 Å². The highest BCUT2D eigenvalue weighted by molar-refractivity contribution is 7.99. The first-order valence-electron chi connectivity index (χ1n) is 9.63. The van der Waals surface area contributed by atoms with Gasteiger partial charge in [-0.1, -0.05) is 11.8 Å². The maximum Gasteiger partial charge on any atom is 0.438 e. The molecule has 0 aliphatic carbocycles. The standard InChI is InChI=1S/C17H18F7N7O2S/c1-3-29-11(6-30-10(14(20)21)4-9(28-30)13(18)19)25-26-15(29)34-7-12(32)31-16(33,17(22,23)24)5-8(2)27-31/h4,13-14,33H,3,5-7H2,1-2H3. The molecule has 17 heteroatoms. The Morgan fingerprint density at radius 2 is 1.91 bits per heavy atom. The second-order valence-electron chi connectivity index (χ2n) is 7.22. The van der Waals surface area contributed by atoms with Gasteiger partial charge in [0.25, 0.3) is 24.5 Å². The summed E-state index contributed by atoms with van der Waals surface area (Å²) in [5, 5.41) is 24.6. The van der Waals surface area contributed by atoms with E-state index in [4.69, 9.17) is 0 Å². The number of hydrazone groups is 1. The van der Waals surface area contributed by atoms with Crippen LogP contribution in [0.4, 0.5) is 30.7 Å². The van der Waals surface area contributed by atoms with Crippen molar-refractivity contribution in [1.29, 1.82) is 0 Å². The van der Waals surface area contributed by atoms with E-state index in [1.165, 1.54) is 11.5 Å². The van der Waals surface area contributed by atoms with Crippen LogP contribution in [0, 0.1) is 0 Å². The van der Waals surface area contributed by atoms with Gasteiger partial charge in [0, 0.05) is 18.7 Å². The molecule has 0 radical (unpaired) electrons. The lowest BCUT2D eigenvalue weighted by Crippen LogP contribution is -2.57. The first-order chi connectivity index (χ1) is 15.8. The van der Waals surface area contributed by atoms with Crippen LogP contribution in [0.1, 0.15) is 50.3 Å². The molecule has 1 aliphatic rings. The zero-order valence-electron chi connectivity index (χ0n) is 17.6. The Labute approximate surface area is 191 Å². The normalized spacial score (nSPS) is 18.9. The van der Waals surface area contributed by atoms with Gasteiger partial charge in [0.2, 0.25) is 0 Å². The van der Waals surface area contributed by atoms with Gasteiger partial charge in [-0.25, -0.2) is 17.6 Å². The van der Waals surface area contributed by atoms with Gasteiger partial charge in [-0.05, 0) is 19.9 Å². The molecule has 3 heterocycles. The number of rotatable bonds is 8. The Morgan fingerprint density at radius 3 is 2.47 bits per heavy atom. The van der Waals surface area contributed by atoms with Crippen LogP contribution in [0.2, 0.25) is 0 Å². The Balaban J connectivity index is 1.78. The summed E-state index contributed by atoms with van der Waals surface area (Å²) in [5.74, 6) is -1.71. The minimum absolute atomic E-state index is 0.0204. The number of aliphatic hydroxyl groups is 1. The highest BCUT2D eigenvalue weighted by Crippen LogP contribution is 2.40. The number of halogens is 7. The van der Waals surface area contributed by atoms with Crippen molar-refractivity contribution in [3.63, 3.8) is 0 Å². The van der Waals surface area contributed by atoms with Crippen molar-refractivity contribution in [3.05, 3.63) is 23.3 Å². The monoisotopic (exact) mass is 517 g/mol. The predicted octanol–water partition coefficient (Wildman–Crippen LogP) is 3.37. The van der Waals surface area contributed by atoms with Gasteiger partial charge in [-0.15, -0.1) is 10.2 Å². The smallest absolute Gasteiger partial charge is 0.362 e. The van der Waals surface area contributed by atoms with E-state index >= 15 is 0 Å². The summed E-state index contributed by atoms with van der Waals surface area (Å²) >= 11 is 0.684. The molecule has 2 aromatic rings. The molecule has 1 unspecified atom stereocenters. The fraction of sp³-hybridized carbons (Fsp3) is 0.588. The quantitative estimate of drug-likeness (QED) is 0.426. The van der Waals surface area contributed by atoms with Crippen LogP contribution >= 0.6 is 11.8 Å². The molecular formula is C17H18F7N7O2S. The van der Waals surface area contributed by atoms with Crippen molar-refractivity contribution in [2.24, 2.45) is 5.10 Å². The number of nitrogens with zero attached hydrogens (tertiary/aromatic N) is 7. The molecule has 0 aromatic carbocycles. The number of aromatic nitrogens is 5. The van der Waals surface area contributed by atoms with Gasteiger partial charge in [-0.3, -0.25) is 9.48 Å². The Morgan fingerprint density at radius 1 is 1.24 bits per heavy atom. The van der Waals surface area contributed by atoms with Crippen molar-refractivity contribution < 1.29 is 40.6 Å². The zero-order chi connectivity index (χ0) is 25.4. The largest absolute Gasteiger partial charge is 0.438 e. The van der Waals surface area contributed by atoms with Crippen molar-refractivity contribution in [3.8, 4) is 0 Å². The number of amides is 1. The van der Waals surface area contributed by atoms with Gasteiger partial charge < -0.3 is 9.67 Å². The number of alkyl halides is 7. The fourth-order valence-corrected chi connectivity index (χ4v) is 4.11. The minimum atomic E-state index is -5.14.